The number of hydrogen-bond acceptors (Lipinski definition) is 3. The Morgan fingerprint density at radius 2 is 2.12 bits per heavy atom. The molecule has 0 aliphatic heterocycles. The lowest BCUT2D eigenvalue weighted by Crippen LogP contribution is -2.22. The third-order valence-electron chi connectivity index (χ3n) is 2.66. The molecule has 0 saturated heterocycles. The molecule has 1 unspecified atom stereocenters. The summed E-state index contributed by atoms with van der Waals surface area (Å²) in [5.41, 5.74) is 2.54. The van der Waals surface area contributed by atoms with Crippen molar-refractivity contribution in [2.45, 2.75) is 46.1 Å². The van der Waals surface area contributed by atoms with Crippen molar-refractivity contribution >= 4 is 17.4 Å². The third-order valence-corrected chi connectivity index (χ3v) is 3.94. The summed E-state index contributed by atoms with van der Waals surface area (Å²) >= 11 is 1.74. The molecule has 1 aromatic rings. The summed E-state index contributed by atoms with van der Waals surface area (Å²) in [6.45, 7) is 10.9. The van der Waals surface area contributed by atoms with Crippen molar-refractivity contribution in [1.29, 1.82) is 0 Å². The van der Waals surface area contributed by atoms with Gasteiger partial charge in [-0.15, -0.1) is 11.3 Å². The predicted molar refractivity (Wildman–Crippen MR) is 73.0 cm³/mol. The van der Waals surface area contributed by atoms with Gasteiger partial charge in [0.15, 0.2) is 0 Å². The van der Waals surface area contributed by atoms with Crippen LogP contribution in [0.4, 0.5) is 0 Å². The predicted octanol–water partition coefficient (Wildman–Crippen LogP) is 3.45. The Morgan fingerprint density at radius 1 is 1.50 bits per heavy atom. The van der Waals surface area contributed by atoms with Gasteiger partial charge in [0.1, 0.15) is 0 Å². The molecule has 1 aromatic heterocycles. The minimum absolute atomic E-state index is 0.152. The zero-order chi connectivity index (χ0) is 12.3. The monoisotopic (exact) mass is 238 g/mol. The quantitative estimate of drug-likeness (QED) is 0.872. The van der Waals surface area contributed by atoms with Crippen LogP contribution in [0, 0.1) is 0 Å². The van der Waals surface area contributed by atoms with Gasteiger partial charge >= 0.3 is 0 Å². The van der Waals surface area contributed by atoms with Gasteiger partial charge in [0, 0.05) is 16.8 Å². The number of thiazole rings is 1. The van der Waals surface area contributed by atoms with Gasteiger partial charge in [0.05, 0.1) is 10.7 Å². The first-order chi connectivity index (χ1) is 7.34. The summed E-state index contributed by atoms with van der Waals surface area (Å²) in [5, 5.41) is 6.56. The van der Waals surface area contributed by atoms with Crippen LogP contribution < -0.4 is 5.32 Å². The van der Waals surface area contributed by atoms with Gasteiger partial charge in [-0.05, 0) is 27.0 Å². The van der Waals surface area contributed by atoms with Crippen molar-refractivity contribution in [3.63, 3.8) is 0 Å². The first kappa shape index (κ1) is 13.4. The van der Waals surface area contributed by atoms with Crippen LogP contribution in [0.2, 0.25) is 0 Å². The molecule has 0 bridgehead atoms. The molecule has 1 heterocycles. The Morgan fingerprint density at radius 3 is 2.56 bits per heavy atom. The minimum atomic E-state index is 0.152. The van der Waals surface area contributed by atoms with Gasteiger partial charge in [-0.1, -0.05) is 26.3 Å². The van der Waals surface area contributed by atoms with E-state index in [0.717, 1.165) is 5.69 Å². The molecule has 3 heteroatoms. The van der Waals surface area contributed by atoms with Crippen LogP contribution in [0.15, 0.2) is 11.0 Å². The van der Waals surface area contributed by atoms with Gasteiger partial charge in [0.25, 0.3) is 0 Å². The highest BCUT2D eigenvalue weighted by atomic mass is 32.1. The van der Waals surface area contributed by atoms with Crippen molar-refractivity contribution in [2.24, 2.45) is 0 Å². The van der Waals surface area contributed by atoms with Crippen LogP contribution in [0.1, 0.15) is 45.3 Å². The molecule has 0 spiro atoms. The van der Waals surface area contributed by atoms with Gasteiger partial charge in [-0.25, -0.2) is 4.98 Å². The summed E-state index contributed by atoms with van der Waals surface area (Å²) in [7, 11) is 1.98. The second-order valence-corrected chi connectivity index (χ2v) is 6.08. The standard InChI is InChI=1S/C13H22N2S/c1-9(10(2)14-6)7-11-8-16-12(15-11)13(3,4)5/h7-8,10,14H,1-6H3. The first-order valence-electron chi connectivity index (χ1n) is 5.66. The molecule has 0 radical (unpaired) electrons. The van der Waals surface area contributed by atoms with Crippen LogP contribution in [-0.4, -0.2) is 18.1 Å². The lowest BCUT2D eigenvalue weighted by Gasteiger charge is -2.13. The molecule has 0 aliphatic carbocycles. The Hall–Kier alpha value is -0.670. The summed E-state index contributed by atoms with van der Waals surface area (Å²) in [6.07, 6.45) is 2.16. The van der Waals surface area contributed by atoms with Crippen molar-refractivity contribution in [1.82, 2.24) is 10.3 Å². The lowest BCUT2D eigenvalue weighted by atomic mass is 9.98. The van der Waals surface area contributed by atoms with Gasteiger partial charge in [-0.2, -0.15) is 0 Å². The number of likely N-dealkylation sites (N-methyl/N-ethyl adjacent to an activating group) is 1. The van der Waals surface area contributed by atoms with Crippen LogP contribution in [0.25, 0.3) is 6.08 Å². The Kier molecular flexibility index (Phi) is 4.28. The average Bonchev–Trinajstić information content (AvgIpc) is 2.64. The molecule has 16 heavy (non-hydrogen) atoms. The Balaban J connectivity index is 2.87. The van der Waals surface area contributed by atoms with Crippen LogP contribution in [0.5, 0.6) is 0 Å². The molecule has 2 nitrogen and oxygen atoms in total. The average molecular weight is 238 g/mol. The topological polar surface area (TPSA) is 24.9 Å². The molecule has 0 aromatic carbocycles. The molecule has 0 saturated carbocycles. The zero-order valence-electron chi connectivity index (χ0n) is 11.1. The van der Waals surface area contributed by atoms with E-state index in [1.165, 1.54) is 10.6 Å². The van der Waals surface area contributed by atoms with E-state index in [1.807, 2.05) is 7.05 Å². The van der Waals surface area contributed by atoms with E-state index in [-0.39, 0.29) is 5.41 Å². The SMILES string of the molecule is CNC(C)C(C)=Cc1csc(C(C)(C)C)n1. The smallest absolute Gasteiger partial charge is 0.0985 e. The van der Waals surface area contributed by atoms with Crippen LogP contribution in [-0.2, 0) is 5.41 Å². The van der Waals surface area contributed by atoms with E-state index in [2.05, 4.69) is 56.4 Å². The molecule has 0 amide bonds. The number of aromatic nitrogens is 1. The van der Waals surface area contributed by atoms with Gasteiger partial charge in [-0.3, -0.25) is 0 Å². The van der Waals surface area contributed by atoms with E-state index in [4.69, 9.17) is 0 Å². The van der Waals surface area contributed by atoms with Crippen LogP contribution >= 0.6 is 11.3 Å². The summed E-state index contributed by atoms with van der Waals surface area (Å²) in [6, 6.07) is 0.403. The number of nitrogens with zero attached hydrogens (tertiary/aromatic N) is 1. The minimum Gasteiger partial charge on any atom is -0.314 e. The second kappa shape index (κ2) is 5.11. The number of hydrogen-bond donors (Lipinski definition) is 1. The van der Waals surface area contributed by atoms with Gasteiger partial charge < -0.3 is 5.32 Å². The van der Waals surface area contributed by atoms with Crippen LogP contribution in [0.3, 0.4) is 0 Å². The zero-order valence-corrected chi connectivity index (χ0v) is 11.9. The van der Waals surface area contributed by atoms with Crippen molar-refractivity contribution in [2.75, 3.05) is 7.05 Å². The van der Waals surface area contributed by atoms with E-state index < -0.39 is 0 Å². The molecular formula is C13H22N2S. The fourth-order valence-corrected chi connectivity index (χ4v) is 2.15. The van der Waals surface area contributed by atoms with Crippen molar-refractivity contribution in [3.8, 4) is 0 Å². The maximum Gasteiger partial charge on any atom is 0.0985 e. The largest absolute Gasteiger partial charge is 0.314 e. The fraction of sp³-hybridized carbons (Fsp3) is 0.615. The molecule has 90 valence electrons. The Labute approximate surface area is 103 Å². The van der Waals surface area contributed by atoms with Gasteiger partial charge in [0.2, 0.25) is 0 Å². The maximum absolute atomic E-state index is 4.65. The lowest BCUT2D eigenvalue weighted by molar-refractivity contribution is 0.585. The third kappa shape index (κ3) is 3.42. The van der Waals surface area contributed by atoms with Crippen molar-refractivity contribution < 1.29 is 0 Å². The highest BCUT2D eigenvalue weighted by Crippen LogP contribution is 2.26. The molecule has 1 atom stereocenters. The summed E-state index contributed by atoms with van der Waals surface area (Å²) < 4.78 is 0. The molecule has 1 rings (SSSR count). The van der Waals surface area contributed by atoms with E-state index in [9.17, 15) is 0 Å². The van der Waals surface area contributed by atoms with E-state index >= 15 is 0 Å². The van der Waals surface area contributed by atoms with E-state index in [1.54, 1.807) is 11.3 Å². The molecule has 0 aliphatic rings. The fourth-order valence-electron chi connectivity index (χ4n) is 1.28. The van der Waals surface area contributed by atoms with Crippen molar-refractivity contribution in [3.05, 3.63) is 21.7 Å². The number of rotatable bonds is 3. The highest BCUT2D eigenvalue weighted by molar-refractivity contribution is 7.09. The molecule has 0 fully saturated rings. The normalized spacial score (nSPS) is 15.2. The second-order valence-electron chi connectivity index (χ2n) is 5.23. The highest BCUT2D eigenvalue weighted by Gasteiger charge is 2.17. The number of nitrogens with one attached hydrogen (secondary N) is 1. The maximum atomic E-state index is 4.65. The molecular weight excluding hydrogens is 216 g/mol. The molecule has 1 N–H and O–H groups in total. The first-order valence-corrected chi connectivity index (χ1v) is 6.54. The van der Waals surface area contributed by atoms with E-state index in [0.29, 0.717) is 6.04 Å². The Bertz CT molecular complexity index is 372. The summed E-state index contributed by atoms with van der Waals surface area (Å²) in [4.78, 5) is 4.65. The summed E-state index contributed by atoms with van der Waals surface area (Å²) in [5.74, 6) is 0.